The van der Waals surface area contributed by atoms with Crippen molar-refractivity contribution in [3.8, 4) is 11.4 Å². The first-order valence-electron chi connectivity index (χ1n) is 8.51. The van der Waals surface area contributed by atoms with Crippen molar-refractivity contribution < 1.29 is 4.79 Å². The van der Waals surface area contributed by atoms with Crippen LogP contribution < -0.4 is 0 Å². The molecule has 0 aliphatic carbocycles. The van der Waals surface area contributed by atoms with E-state index in [0.717, 1.165) is 28.7 Å². The molecule has 1 aromatic carbocycles. The molecule has 6 heteroatoms. The highest BCUT2D eigenvalue weighted by atomic mass is 32.2. The highest BCUT2D eigenvalue weighted by molar-refractivity contribution is 7.99. The summed E-state index contributed by atoms with van der Waals surface area (Å²) in [7, 11) is 0. The zero-order valence-electron chi connectivity index (χ0n) is 15.5. The zero-order valence-corrected chi connectivity index (χ0v) is 16.3. The van der Waals surface area contributed by atoms with Gasteiger partial charge >= 0.3 is 0 Å². The van der Waals surface area contributed by atoms with Crippen molar-refractivity contribution in [2.45, 2.75) is 39.4 Å². The molecule has 134 valence electrons. The lowest BCUT2D eigenvalue weighted by Crippen LogP contribution is -2.33. The first-order chi connectivity index (χ1) is 12.0. The monoisotopic (exact) mass is 358 g/mol. The topological polar surface area (TPSA) is 51.0 Å². The van der Waals surface area contributed by atoms with Crippen LogP contribution in [0.2, 0.25) is 0 Å². The zero-order chi connectivity index (χ0) is 18.4. The summed E-state index contributed by atoms with van der Waals surface area (Å²) >= 11 is 1.44. The van der Waals surface area contributed by atoms with Crippen molar-refractivity contribution in [2.24, 2.45) is 0 Å². The van der Waals surface area contributed by atoms with Gasteiger partial charge in [0.15, 0.2) is 11.0 Å². The largest absolute Gasteiger partial charge is 0.338 e. The number of benzene rings is 1. The van der Waals surface area contributed by atoms with Crippen molar-refractivity contribution in [1.29, 1.82) is 0 Å². The number of hydrogen-bond donors (Lipinski definition) is 0. The number of hydrogen-bond acceptors (Lipinski definition) is 4. The van der Waals surface area contributed by atoms with Gasteiger partial charge in [-0.05, 0) is 33.8 Å². The molecule has 2 rings (SSSR count). The number of rotatable bonds is 8. The predicted octanol–water partition coefficient (Wildman–Crippen LogP) is 3.79. The van der Waals surface area contributed by atoms with Crippen LogP contribution in [-0.4, -0.2) is 44.4 Å². The van der Waals surface area contributed by atoms with Crippen LogP contribution in [0.4, 0.5) is 0 Å². The van der Waals surface area contributed by atoms with Crippen molar-refractivity contribution in [3.63, 3.8) is 0 Å². The Kier molecular flexibility index (Phi) is 6.82. The highest BCUT2D eigenvalue weighted by Gasteiger charge is 2.17. The smallest absolute Gasteiger partial charge is 0.233 e. The Morgan fingerprint density at radius 3 is 2.68 bits per heavy atom. The summed E-state index contributed by atoms with van der Waals surface area (Å²) in [4.78, 5) is 14.2. The highest BCUT2D eigenvalue weighted by Crippen LogP contribution is 2.24. The fraction of sp³-hybridized carbons (Fsp3) is 0.421. The minimum Gasteiger partial charge on any atom is -0.338 e. The summed E-state index contributed by atoms with van der Waals surface area (Å²) in [5, 5.41) is 9.42. The Labute approximate surface area is 154 Å². The molecule has 0 fully saturated rings. The first-order valence-corrected chi connectivity index (χ1v) is 9.50. The number of amides is 1. The number of thioether (sulfide) groups is 1. The fourth-order valence-electron chi connectivity index (χ4n) is 2.60. The third-order valence-corrected chi connectivity index (χ3v) is 4.78. The van der Waals surface area contributed by atoms with Gasteiger partial charge in [-0.3, -0.25) is 4.79 Å². The van der Waals surface area contributed by atoms with E-state index in [4.69, 9.17) is 0 Å². The molecule has 0 bridgehead atoms. The van der Waals surface area contributed by atoms with Gasteiger partial charge in [-0.25, -0.2) is 0 Å². The second-order valence-electron chi connectivity index (χ2n) is 6.07. The molecule has 5 nitrogen and oxygen atoms in total. The number of nitrogens with zero attached hydrogens (tertiary/aromatic N) is 4. The SMILES string of the molecule is C=C(C)CN(CC)C(=O)CSc1nnc(-c2cccc(C)c2)n1CC. The normalized spacial score (nSPS) is 10.7. The molecule has 0 aliphatic rings. The molecule has 2 aromatic rings. The van der Waals surface area contributed by atoms with Crippen LogP contribution in [-0.2, 0) is 11.3 Å². The molecule has 0 saturated carbocycles. The molecule has 0 N–H and O–H groups in total. The van der Waals surface area contributed by atoms with Crippen molar-refractivity contribution in [3.05, 3.63) is 42.0 Å². The van der Waals surface area contributed by atoms with E-state index in [-0.39, 0.29) is 5.91 Å². The predicted molar refractivity (Wildman–Crippen MR) is 104 cm³/mol. The number of aromatic nitrogens is 3. The maximum absolute atomic E-state index is 12.4. The summed E-state index contributed by atoms with van der Waals surface area (Å²) in [5.41, 5.74) is 3.22. The summed E-state index contributed by atoms with van der Waals surface area (Å²) in [6, 6.07) is 8.22. The van der Waals surface area contributed by atoms with Gasteiger partial charge in [0.2, 0.25) is 5.91 Å². The van der Waals surface area contributed by atoms with E-state index in [2.05, 4.69) is 47.3 Å². The van der Waals surface area contributed by atoms with Crippen LogP contribution in [0.5, 0.6) is 0 Å². The van der Waals surface area contributed by atoms with E-state index in [9.17, 15) is 4.79 Å². The summed E-state index contributed by atoms with van der Waals surface area (Å²) < 4.78 is 2.06. The van der Waals surface area contributed by atoms with Gasteiger partial charge in [-0.1, -0.05) is 47.7 Å². The van der Waals surface area contributed by atoms with Gasteiger partial charge in [0.1, 0.15) is 0 Å². The third-order valence-electron chi connectivity index (χ3n) is 3.83. The lowest BCUT2D eigenvalue weighted by Gasteiger charge is -2.20. The van der Waals surface area contributed by atoms with Crippen LogP contribution >= 0.6 is 11.8 Å². The van der Waals surface area contributed by atoms with Gasteiger partial charge in [0.05, 0.1) is 5.75 Å². The standard InChI is InChI=1S/C19H26N4OS/c1-6-22(12-14(3)4)17(24)13-25-19-21-20-18(23(19)7-2)16-10-8-9-15(5)11-16/h8-11H,3,6-7,12-13H2,1-2,4-5H3. The van der Waals surface area contributed by atoms with Crippen LogP contribution in [0.1, 0.15) is 26.3 Å². The van der Waals surface area contributed by atoms with Gasteiger partial charge in [0.25, 0.3) is 0 Å². The van der Waals surface area contributed by atoms with E-state index in [0.29, 0.717) is 18.8 Å². The summed E-state index contributed by atoms with van der Waals surface area (Å²) in [5.74, 6) is 1.29. The number of aryl methyl sites for hydroxylation is 1. The Hall–Kier alpha value is -2.08. The Morgan fingerprint density at radius 1 is 1.32 bits per heavy atom. The van der Waals surface area contributed by atoms with Gasteiger partial charge in [-0.15, -0.1) is 10.2 Å². The Bertz CT molecular complexity index is 754. The number of carbonyl (C=O) groups excluding carboxylic acids is 1. The van der Waals surface area contributed by atoms with E-state index in [1.165, 1.54) is 17.3 Å². The van der Waals surface area contributed by atoms with E-state index >= 15 is 0 Å². The molecule has 1 amide bonds. The maximum atomic E-state index is 12.4. The Balaban J connectivity index is 2.13. The fourth-order valence-corrected chi connectivity index (χ4v) is 3.50. The molecular formula is C19H26N4OS. The molecule has 0 saturated heterocycles. The second kappa shape index (κ2) is 8.85. The Morgan fingerprint density at radius 2 is 2.08 bits per heavy atom. The van der Waals surface area contributed by atoms with Gasteiger partial charge < -0.3 is 9.47 Å². The summed E-state index contributed by atoms with van der Waals surface area (Å²) in [6.45, 7) is 14.0. The van der Waals surface area contributed by atoms with E-state index in [1.54, 1.807) is 0 Å². The van der Waals surface area contributed by atoms with Gasteiger partial charge in [-0.2, -0.15) is 0 Å². The molecule has 0 spiro atoms. The quantitative estimate of drug-likeness (QED) is 0.532. The molecule has 1 heterocycles. The van der Waals surface area contributed by atoms with E-state index in [1.807, 2.05) is 30.9 Å². The molecule has 0 aliphatic heterocycles. The molecule has 0 unspecified atom stereocenters. The second-order valence-corrected chi connectivity index (χ2v) is 7.02. The van der Waals surface area contributed by atoms with Crippen LogP contribution in [0.25, 0.3) is 11.4 Å². The average molecular weight is 359 g/mol. The van der Waals surface area contributed by atoms with E-state index < -0.39 is 0 Å². The minimum absolute atomic E-state index is 0.0956. The summed E-state index contributed by atoms with van der Waals surface area (Å²) in [6.07, 6.45) is 0. The van der Waals surface area contributed by atoms with Crippen LogP contribution in [0.3, 0.4) is 0 Å². The number of likely N-dealkylation sites (N-methyl/N-ethyl adjacent to an activating group) is 1. The van der Waals surface area contributed by atoms with Crippen LogP contribution in [0, 0.1) is 6.92 Å². The van der Waals surface area contributed by atoms with Gasteiger partial charge in [0, 0.05) is 25.2 Å². The average Bonchev–Trinajstić information content (AvgIpc) is 3.00. The first kappa shape index (κ1) is 19.2. The van der Waals surface area contributed by atoms with Crippen molar-refractivity contribution in [2.75, 3.05) is 18.8 Å². The third kappa shape index (κ3) is 4.95. The molecular weight excluding hydrogens is 332 g/mol. The molecule has 0 radical (unpaired) electrons. The molecule has 0 atom stereocenters. The lowest BCUT2D eigenvalue weighted by molar-refractivity contribution is -0.127. The van der Waals surface area contributed by atoms with Crippen molar-refractivity contribution in [1.82, 2.24) is 19.7 Å². The molecule has 1 aromatic heterocycles. The van der Waals surface area contributed by atoms with Crippen molar-refractivity contribution >= 4 is 17.7 Å². The minimum atomic E-state index is 0.0956. The molecule has 25 heavy (non-hydrogen) atoms. The number of carbonyl (C=O) groups is 1. The van der Waals surface area contributed by atoms with Crippen LogP contribution in [0.15, 0.2) is 41.6 Å². The lowest BCUT2D eigenvalue weighted by atomic mass is 10.1. The maximum Gasteiger partial charge on any atom is 0.233 e.